The minimum Gasteiger partial charge on any atom is -0.466 e. The fourth-order valence-corrected chi connectivity index (χ4v) is 3.18. The van der Waals surface area contributed by atoms with Gasteiger partial charge in [-0.2, -0.15) is 0 Å². The highest BCUT2D eigenvalue weighted by Crippen LogP contribution is 2.35. The van der Waals surface area contributed by atoms with E-state index in [9.17, 15) is 14.9 Å². The molecule has 3 rings (SSSR count). The van der Waals surface area contributed by atoms with E-state index in [0.717, 1.165) is 5.56 Å². The lowest BCUT2D eigenvalue weighted by atomic mass is 9.97. The molecule has 1 aliphatic rings. The Bertz CT molecular complexity index is 867. The van der Waals surface area contributed by atoms with Crippen molar-refractivity contribution in [3.63, 3.8) is 0 Å². The van der Waals surface area contributed by atoms with Crippen LogP contribution in [0.2, 0.25) is 0 Å². The second-order valence-corrected chi connectivity index (χ2v) is 6.46. The summed E-state index contributed by atoms with van der Waals surface area (Å²) in [6, 6.07) is 3.64. The molecule has 0 bridgehead atoms. The van der Waals surface area contributed by atoms with Crippen LogP contribution in [0.1, 0.15) is 25.3 Å². The van der Waals surface area contributed by atoms with Crippen LogP contribution >= 0.6 is 0 Å². The van der Waals surface area contributed by atoms with Gasteiger partial charge in [0.15, 0.2) is 0 Å². The molecule has 1 saturated heterocycles. The predicted octanol–water partition coefficient (Wildman–Crippen LogP) is 2.61. The van der Waals surface area contributed by atoms with Crippen molar-refractivity contribution < 1.29 is 14.5 Å². The number of rotatable bonds is 6. The van der Waals surface area contributed by atoms with E-state index in [1.807, 2.05) is 17.9 Å². The maximum Gasteiger partial charge on any atom is 0.353 e. The van der Waals surface area contributed by atoms with Crippen molar-refractivity contribution in [2.45, 2.75) is 26.7 Å². The summed E-state index contributed by atoms with van der Waals surface area (Å²) in [5.41, 5.74) is 0.634. The zero-order valence-electron chi connectivity index (χ0n) is 15.8. The van der Waals surface area contributed by atoms with E-state index in [0.29, 0.717) is 38.4 Å². The second-order valence-electron chi connectivity index (χ2n) is 6.46. The quantitative estimate of drug-likeness (QED) is 0.453. The summed E-state index contributed by atoms with van der Waals surface area (Å²) in [7, 11) is 0. The summed E-state index contributed by atoms with van der Waals surface area (Å²) in [6.07, 6.45) is 4.01. The van der Waals surface area contributed by atoms with Gasteiger partial charge in [-0.15, -0.1) is 0 Å². The van der Waals surface area contributed by atoms with Crippen molar-refractivity contribution >= 4 is 29.1 Å². The lowest BCUT2D eigenvalue weighted by Crippen LogP contribution is -2.37. The highest BCUT2D eigenvalue weighted by molar-refractivity contribution is 5.75. The third-order valence-corrected chi connectivity index (χ3v) is 4.65. The molecular weight excluding hydrogens is 364 g/mol. The van der Waals surface area contributed by atoms with Gasteiger partial charge in [0, 0.05) is 19.3 Å². The fraction of sp³-hybridized carbons (Fsp3) is 0.444. The third kappa shape index (κ3) is 4.16. The molecule has 10 heteroatoms. The van der Waals surface area contributed by atoms with Crippen LogP contribution < -0.4 is 10.2 Å². The number of pyridine rings is 1. The number of aryl methyl sites for hydroxylation is 1. The normalized spacial score (nSPS) is 14.6. The maximum atomic E-state index is 11.9. The monoisotopic (exact) mass is 386 g/mol. The van der Waals surface area contributed by atoms with Crippen LogP contribution in [0.15, 0.2) is 24.7 Å². The SMILES string of the molecule is CCOC(=O)C1CCN(c2ncnc(Nc3ncccc3C)c2[N+](=O)[O-])CC1. The number of nitrogens with zero attached hydrogens (tertiary/aromatic N) is 5. The van der Waals surface area contributed by atoms with Gasteiger partial charge < -0.3 is 15.0 Å². The Morgan fingerprint density at radius 3 is 2.71 bits per heavy atom. The fourth-order valence-electron chi connectivity index (χ4n) is 3.18. The minimum absolute atomic E-state index is 0.0873. The summed E-state index contributed by atoms with van der Waals surface area (Å²) < 4.78 is 5.07. The number of piperidine rings is 1. The average molecular weight is 386 g/mol. The Kier molecular flexibility index (Phi) is 5.97. The molecule has 0 aliphatic carbocycles. The predicted molar refractivity (Wildman–Crippen MR) is 103 cm³/mol. The Morgan fingerprint density at radius 1 is 1.32 bits per heavy atom. The van der Waals surface area contributed by atoms with E-state index in [-0.39, 0.29) is 29.2 Å². The van der Waals surface area contributed by atoms with Crippen LogP contribution in [0.5, 0.6) is 0 Å². The van der Waals surface area contributed by atoms with E-state index in [1.165, 1.54) is 6.33 Å². The van der Waals surface area contributed by atoms with Crippen LogP contribution in [0.25, 0.3) is 0 Å². The van der Waals surface area contributed by atoms with Gasteiger partial charge in [0.25, 0.3) is 0 Å². The van der Waals surface area contributed by atoms with Crippen molar-refractivity contribution in [1.82, 2.24) is 15.0 Å². The minimum atomic E-state index is -0.493. The Morgan fingerprint density at radius 2 is 2.07 bits per heavy atom. The summed E-state index contributed by atoms with van der Waals surface area (Å²) in [5, 5.41) is 14.7. The Hall–Kier alpha value is -3.30. The zero-order valence-corrected chi connectivity index (χ0v) is 15.8. The van der Waals surface area contributed by atoms with Crippen molar-refractivity contribution in [1.29, 1.82) is 0 Å². The standard InChI is InChI=1S/C18H22N6O4/c1-3-28-18(25)13-6-9-23(10-7-13)17-14(24(26)27)16(20-11-21-17)22-15-12(2)5-4-8-19-15/h4-5,8,11,13H,3,6-7,9-10H2,1-2H3,(H,19,20,21,22). The van der Waals surface area contributed by atoms with E-state index < -0.39 is 4.92 Å². The van der Waals surface area contributed by atoms with Crippen molar-refractivity contribution in [2.24, 2.45) is 5.92 Å². The van der Waals surface area contributed by atoms with Crippen LogP contribution in [-0.4, -0.2) is 45.5 Å². The molecule has 1 aliphatic heterocycles. The highest BCUT2D eigenvalue weighted by atomic mass is 16.6. The van der Waals surface area contributed by atoms with Crippen LogP contribution in [0.4, 0.5) is 23.1 Å². The zero-order chi connectivity index (χ0) is 20.1. The molecule has 10 nitrogen and oxygen atoms in total. The van der Waals surface area contributed by atoms with E-state index in [2.05, 4.69) is 20.3 Å². The highest BCUT2D eigenvalue weighted by Gasteiger charge is 2.32. The van der Waals surface area contributed by atoms with E-state index in [1.54, 1.807) is 19.2 Å². The van der Waals surface area contributed by atoms with Gasteiger partial charge in [-0.05, 0) is 38.3 Å². The van der Waals surface area contributed by atoms with Crippen molar-refractivity contribution in [3.05, 3.63) is 40.3 Å². The molecule has 0 radical (unpaired) electrons. The van der Waals surface area contributed by atoms with E-state index >= 15 is 0 Å². The van der Waals surface area contributed by atoms with Gasteiger partial charge in [-0.25, -0.2) is 15.0 Å². The summed E-state index contributed by atoms with van der Waals surface area (Å²) >= 11 is 0. The lowest BCUT2D eigenvalue weighted by Gasteiger charge is -2.31. The molecular formula is C18H22N6O4. The molecule has 0 aromatic carbocycles. The summed E-state index contributed by atoms with van der Waals surface area (Å²) in [5.74, 6) is 0.414. The molecule has 1 N–H and O–H groups in total. The first-order valence-corrected chi connectivity index (χ1v) is 9.10. The first-order valence-electron chi connectivity index (χ1n) is 9.10. The number of carbonyl (C=O) groups is 1. The lowest BCUT2D eigenvalue weighted by molar-refractivity contribution is -0.383. The number of carbonyl (C=O) groups excluding carboxylic acids is 1. The smallest absolute Gasteiger partial charge is 0.353 e. The van der Waals surface area contributed by atoms with Crippen molar-refractivity contribution in [2.75, 3.05) is 29.9 Å². The van der Waals surface area contributed by atoms with Crippen LogP contribution in [0.3, 0.4) is 0 Å². The molecule has 3 heterocycles. The van der Waals surface area contributed by atoms with Crippen LogP contribution in [-0.2, 0) is 9.53 Å². The molecule has 148 valence electrons. The van der Waals surface area contributed by atoms with Gasteiger partial charge in [0.1, 0.15) is 12.1 Å². The van der Waals surface area contributed by atoms with Gasteiger partial charge in [-0.1, -0.05) is 6.07 Å². The van der Waals surface area contributed by atoms with Gasteiger partial charge in [0.2, 0.25) is 11.6 Å². The topological polar surface area (TPSA) is 123 Å². The number of esters is 1. The van der Waals surface area contributed by atoms with Gasteiger partial charge >= 0.3 is 11.7 Å². The summed E-state index contributed by atoms with van der Waals surface area (Å²) in [6.45, 7) is 4.92. The molecule has 0 amide bonds. The van der Waals surface area contributed by atoms with Gasteiger partial charge in [0.05, 0.1) is 17.4 Å². The molecule has 0 atom stereocenters. The number of hydrogen-bond acceptors (Lipinski definition) is 9. The van der Waals surface area contributed by atoms with E-state index in [4.69, 9.17) is 4.74 Å². The summed E-state index contributed by atoms with van der Waals surface area (Å²) in [4.78, 5) is 37.4. The number of nitrogens with one attached hydrogen (secondary N) is 1. The largest absolute Gasteiger partial charge is 0.466 e. The number of anilines is 3. The Balaban J connectivity index is 1.83. The molecule has 28 heavy (non-hydrogen) atoms. The molecule has 0 unspecified atom stereocenters. The van der Waals surface area contributed by atoms with Crippen LogP contribution in [0, 0.1) is 23.0 Å². The van der Waals surface area contributed by atoms with Gasteiger partial charge in [-0.3, -0.25) is 14.9 Å². The first kappa shape index (κ1) is 19.5. The first-order chi connectivity index (χ1) is 13.5. The molecule has 1 fully saturated rings. The molecule has 0 spiro atoms. The molecule has 0 saturated carbocycles. The number of aromatic nitrogens is 3. The maximum absolute atomic E-state index is 11.9. The van der Waals surface area contributed by atoms with Crippen molar-refractivity contribution in [3.8, 4) is 0 Å². The number of nitro groups is 1. The Labute approximate surface area is 162 Å². The number of ether oxygens (including phenoxy) is 1. The molecule has 2 aromatic heterocycles. The second kappa shape index (κ2) is 8.59. The third-order valence-electron chi connectivity index (χ3n) is 4.65. The number of hydrogen-bond donors (Lipinski definition) is 1. The average Bonchev–Trinajstić information content (AvgIpc) is 2.69. The molecule has 2 aromatic rings.